The maximum absolute atomic E-state index is 12.5. The number of amides is 1. The molecule has 0 unspecified atom stereocenters. The molecule has 1 fully saturated rings. The van der Waals surface area contributed by atoms with Gasteiger partial charge in [-0.15, -0.1) is 11.3 Å². The Morgan fingerprint density at radius 2 is 2.25 bits per heavy atom. The summed E-state index contributed by atoms with van der Waals surface area (Å²) in [6, 6.07) is 3.78. The molecule has 0 radical (unpaired) electrons. The Hall–Kier alpha value is -1.70. The minimum absolute atomic E-state index is 0.133. The molecule has 1 amide bonds. The fraction of sp³-hybridized carbons (Fsp3) is 0.529. The van der Waals surface area contributed by atoms with Gasteiger partial charge in [0.1, 0.15) is 0 Å². The summed E-state index contributed by atoms with van der Waals surface area (Å²) in [5.41, 5.74) is 1.55. The highest BCUT2D eigenvalue weighted by atomic mass is 32.1. The van der Waals surface area contributed by atoms with Crippen LogP contribution in [0.25, 0.3) is 0 Å². The number of aromatic nitrogens is 1. The van der Waals surface area contributed by atoms with E-state index >= 15 is 0 Å². The number of aliphatic hydroxyl groups is 1. The van der Waals surface area contributed by atoms with Crippen molar-refractivity contribution in [2.75, 3.05) is 20.1 Å². The van der Waals surface area contributed by atoms with Crippen LogP contribution >= 0.6 is 11.3 Å². The molecule has 0 spiro atoms. The number of likely N-dealkylation sites (tertiary alicyclic amines) is 1. The summed E-state index contributed by atoms with van der Waals surface area (Å²) in [5, 5.41) is 15.5. The molecule has 0 atom stereocenters. The van der Waals surface area contributed by atoms with Gasteiger partial charge in [0.05, 0.1) is 19.2 Å². The molecule has 0 aliphatic carbocycles. The maximum atomic E-state index is 12.5. The molecule has 24 heavy (non-hydrogen) atoms. The molecule has 1 aliphatic heterocycles. The Bertz CT molecular complexity index is 689. The van der Waals surface area contributed by atoms with Gasteiger partial charge in [0.25, 0.3) is 5.91 Å². The topological polar surface area (TPSA) is 69.8 Å². The molecular formula is C17H23N3O3S. The number of hydrogen-bond acceptors (Lipinski definition) is 6. The summed E-state index contributed by atoms with van der Waals surface area (Å²) < 4.78 is 5.33. The van der Waals surface area contributed by atoms with Crippen LogP contribution in [0.3, 0.4) is 0 Å². The number of thiophene rings is 1. The molecule has 2 aromatic heterocycles. The number of nitrogens with zero attached hydrogens (tertiary/aromatic N) is 3. The van der Waals surface area contributed by atoms with E-state index in [9.17, 15) is 9.90 Å². The molecule has 1 aliphatic rings. The zero-order valence-corrected chi connectivity index (χ0v) is 14.9. The van der Waals surface area contributed by atoms with Crippen molar-refractivity contribution in [3.05, 3.63) is 39.4 Å². The Kier molecular flexibility index (Phi) is 5.33. The van der Waals surface area contributed by atoms with Crippen molar-refractivity contribution in [2.24, 2.45) is 0 Å². The molecule has 3 rings (SSSR count). The zero-order chi connectivity index (χ0) is 17.1. The van der Waals surface area contributed by atoms with Crippen LogP contribution in [0.2, 0.25) is 0 Å². The molecule has 0 saturated carbocycles. The van der Waals surface area contributed by atoms with Crippen LogP contribution in [0, 0.1) is 6.92 Å². The second kappa shape index (κ2) is 7.46. The van der Waals surface area contributed by atoms with Crippen molar-refractivity contribution in [2.45, 2.75) is 39.0 Å². The molecule has 130 valence electrons. The average molecular weight is 349 g/mol. The van der Waals surface area contributed by atoms with Crippen molar-refractivity contribution in [3.8, 4) is 0 Å². The Labute approximate surface area is 145 Å². The zero-order valence-electron chi connectivity index (χ0n) is 14.1. The van der Waals surface area contributed by atoms with E-state index in [-0.39, 0.29) is 12.0 Å². The van der Waals surface area contributed by atoms with Crippen LogP contribution in [-0.2, 0) is 13.1 Å². The van der Waals surface area contributed by atoms with E-state index in [0.717, 1.165) is 25.9 Å². The van der Waals surface area contributed by atoms with Crippen LogP contribution in [0.4, 0.5) is 0 Å². The van der Waals surface area contributed by atoms with E-state index in [0.29, 0.717) is 24.5 Å². The smallest absolute Gasteiger partial charge is 0.276 e. The Balaban J connectivity index is 1.58. The lowest BCUT2D eigenvalue weighted by molar-refractivity contribution is 0.0743. The molecule has 6 nitrogen and oxygen atoms in total. The summed E-state index contributed by atoms with van der Waals surface area (Å²) in [5.74, 6) is 0.558. The molecule has 0 aromatic carbocycles. The summed E-state index contributed by atoms with van der Waals surface area (Å²) >= 11 is 1.65. The van der Waals surface area contributed by atoms with Gasteiger partial charge in [-0.1, -0.05) is 5.16 Å². The fourth-order valence-electron chi connectivity index (χ4n) is 2.83. The molecule has 1 saturated heterocycles. The van der Waals surface area contributed by atoms with Gasteiger partial charge in [-0.05, 0) is 36.8 Å². The minimum Gasteiger partial charge on any atom is -0.393 e. The lowest BCUT2D eigenvalue weighted by atomic mass is 10.1. The van der Waals surface area contributed by atoms with Crippen molar-refractivity contribution < 1.29 is 14.4 Å². The first-order valence-corrected chi connectivity index (χ1v) is 9.05. The first-order valence-electron chi connectivity index (χ1n) is 8.17. The van der Waals surface area contributed by atoms with Crippen LogP contribution in [0.1, 0.15) is 39.5 Å². The molecule has 1 N–H and O–H groups in total. The van der Waals surface area contributed by atoms with Crippen LogP contribution in [-0.4, -0.2) is 52.2 Å². The fourth-order valence-corrected chi connectivity index (χ4v) is 3.79. The lowest BCUT2D eigenvalue weighted by Gasteiger charge is -2.28. The van der Waals surface area contributed by atoms with Crippen molar-refractivity contribution in [1.29, 1.82) is 0 Å². The van der Waals surface area contributed by atoms with Gasteiger partial charge in [0, 0.05) is 31.1 Å². The van der Waals surface area contributed by atoms with Crippen LogP contribution < -0.4 is 0 Å². The third kappa shape index (κ3) is 4.03. The summed E-state index contributed by atoms with van der Waals surface area (Å²) in [6.45, 7) is 4.93. The Morgan fingerprint density at radius 1 is 1.50 bits per heavy atom. The molecule has 2 aromatic rings. The largest absolute Gasteiger partial charge is 0.393 e. The van der Waals surface area contributed by atoms with Gasteiger partial charge in [0.2, 0.25) is 0 Å². The molecule has 3 heterocycles. The van der Waals surface area contributed by atoms with Crippen molar-refractivity contribution >= 4 is 17.2 Å². The second-order valence-corrected chi connectivity index (χ2v) is 7.37. The lowest BCUT2D eigenvalue weighted by Crippen LogP contribution is -2.35. The van der Waals surface area contributed by atoms with Crippen LogP contribution in [0.15, 0.2) is 22.0 Å². The number of rotatable bonds is 5. The number of piperidine rings is 1. The van der Waals surface area contributed by atoms with E-state index < -0.39 is 0 Å². The van der Waals surface area contributed by atoms with Gasteiger partial charge in [0.15, 0.2) is 11.5 Å². The average Bonchev–Trinajstić information content (AvgIpc) is 3.19. The minimum atomic E-state index is -0.192. The third-order valence-electron chi connectivity index (χ3n) is 4.41. The van der Waals surface area contributed by atoms with Crippen molar-refractivity contribution in [3.63, 3.8) is 0 Å². The maximum Gasteiger partial charge on any atom is 0.276 e. The van der Waals surface area contributed by atoms with E-state index in [4.69, 9.17) is 4.52 Å². The van der Waals surface area contributed by atoms with E-state index in [2.05, 4.69) is 16.1 Å². The first kappa shape index (κ1) is 17.1. The number of carbonyl (C=O) groups excluding carboxylic acids is 1. The molecule has 7 heteroatoms. The monoisotopic (exact) mass is 349 g/mol. The number of aliphatic hydroxyl groups excluding tert-OH is 1. The van der Waals surface area contributed by atoms with Crippen molar-refractivity contribution in [1.82, 2.24) is 15.0 Å². The van der Waals surface area contributed by atoms with Gasteiger partial charge in [-0.3, -0.25) is 9.69 Å². The summed E-state index contributed by atoms with van der Waals surface area (Å²) in [6.07, 6.45) is 1.37. The first-order chi connectivity index (χ1) is 11.5. The summed E-state index contributed by atoms with van der Waals surface area (Å²) in [4.78, 5) is 17.5. The van der Waals surface area contributed by atoms with E-state index in [1.54, 1.807) is 29.4 Å². The van der Waals surface area contributed by atoms with Gasteiger partial charge in [-0.2, -0.15) is 0 Å². The normalized spacial score (nSPS) is 16.5. The number of carbonyl (C=O) groups is 1. The molecular weight excluding hydrogens is 326 g/mol. The Morgan fingerprint density at radius 3 is 2.92 bits per heavy atom. The van der Waals surface area contributed by atoms with Gasteiger partial charge in [-0.25, -0.2) is 0 Å². The standard InChI is InChI=1S/C17H23N3O3S/c1-12-5-8-24-16(12)11-19(2)17(22)15-9-14(23-18-15)10-20-6-3-13(21)4-7-20/h5,8-9,13,21H,3-4,6-7,10-11H2,1-2H3. The third-order valence-corrected chi connectivity index (χ3v) is 5.42. The highest BCUT2D eigenvalue weighted by molar-refractivity contribution is 7.10. The van der Waals surface area contributed by atoms with Gasteiger partial charge < -0.3 is 14.5 Å². The second-order valence-electron chi connectivity index (χ2n) is 6.37. The molecule has 0 bridgehead atoms. The highest BCUT2D eigenvalue weighted by Gasteiger charge is 2.21. The summed E-state index contributed by atoms with van der Waals surface area (Å²) in [7, 11) is 1.78. The van der Waals surface area contributed by atoms with Gasteiger partial charge >= 0.3 is 0 Å². The quantitative estimate of drug-likeness (QED) is 0.897. The highest BCUT2D eigenvalue weighted by Crippen LogP contribution is 2.19. The number of aryl methyl sites for hydroxylation is 1. The van der Waals surface area contributed by atoms with E-state index in [1.165, 1.54) is 10.4 Å². The predicted octanol–water partition coefficient (Wildman–Crippen LogP) is 2.27. The SMILES string of the molecule is Cc1ccsc1CN(C)C(=O)c1cc(CN2CCC(O)CC2)on1. The predicted molar refractivity (Wildman–Crippen MR) is 91.9 cm³/mol. The number of hydrogen-bond donors (Lipinski definition) is 1. The van der Waals surface area contributed by atoms with Crippen LogP contribution in [0.5, 0.6) is 0 Å². The van der Waals surface area contributed by atoms with E-state index in [1.807, 2.05) is 12.3 Å².